The zero-order valence-corrected chi connectivity index (χ0v) is 22.3. The number of nitrogens with one attached hydrogen (secondary N) is 1. The molecule has 0 unspecified atom stereocenters. The number of carbonyl (C=O) groups is 4. The number of hydrazine groups is 1. The summed E-state index contributed by atoms with van der Waals surface area (Å²) < 4.78 is 16.1. The number of carbonyl (C=O) groups excluding carboxylic acids is 4. The van der Waals surface area contributed by atoms with Crippen molar-refractivity contribution in [1.29, 1.82) is 5.26 Å². The van der Waals surface area contributed by atoms with Gasteiger partial charge in [-0.05, 0) is 35.4 Å². The second-order valence-electron chi connectivity index (χ2n) is 8.96. The molecule has 1 heterocycles. The molecule has 0 atom stereocenters. The molecule has 10 nitrogen and oxygen atoms in total. The van der Waals surface area contributed by atoms with Crippen molar-refractivity contribution in [3.8, 4) is 34.1 Å². The minimum absolute atomic E-state index is 0.188. The van der Waals surface area contributed by atoms with E-state index in [1.165, 1.54) is 18.4 Å². The number of amides is 1. The Labute approximate surface area is 244 Å². The van der Waals surface area contributed by atoms with E-state index in [4.69, 9.17) is 19.7 Å². The first kappa shape index (κ1) is 28.2. The molecule has 1 amide bonds. The van der Waals surface area contributed by atoms with Crippen molar-refractivity contribution < 1.29 is 33.1 Å². The Bertz CT molecular complexity index is 1880. The maximum atomic E-state index is 13.3. The third-order valence-corrected chi connectivity index (χ3v) is 6.38. The summed E-state index contributed by atoms with van der Waals surface area (Å²) in [4.78, 5) is 52.0. The number of ether oxygens (including phenoxy) is 2. The summed E-state index contributed by atoms with van der Waals surface area (Å²) in [7, 11) is 0. The molecule has 10 heteroatoms. The average molecular weight is 572 g/mol. The molecule has 0 aliphatic rings. The standard InChI is InChI=1S/C33H21N3O7/c34-18-24-26(42-31(38)22-14-8-3-9-15-22)17-16-23(28(24)30(37)36-35)32(39)43-33(40)29-27(21-12-6-2-7-13-21)25(19-41-29)20-10-4-1-5-11-20/h1-17,19H,35H2,(H,36,37). The predicted octanol–water partition coefficient (Wildman–Crippen LogP) is 5.31. The van der Waals surface area contributed by atoms with Crippen LogP contribution >= 0.6 is 0 Å². The molecular weight excluding hydrogens is 550 g/mol. The summed E-state index contributed by atoms with van der Waals surface area (Å²) in [5.74, 6) is 0.509. The summed E-state index contributed by atoms with van der Waals surface area (Å²) in [6, 6.07) is 30.0. The monoisotopic (exact) mass is 571 g/mol. The molecule has 0 saturated heterocycles. The first-order valence-electron chi connectivity index (χ1n) is 12.8. The van der Waals surface area contributed by atoms with Crippen molar-refractivity contribution in [3.05, 3.63) is 137 Å². The van der Waals surface area contributed by atoms with Gasteiger partial charge in [-0.25, -0.2) is 20.2 Å². The number of benzene rings is 4. The molecular formula is C33H21N3O7. The lowest BCUT2D eigenvalue weighted by molar-refractivity contribution is 0.0374. The van der Waals surface area contributed by atoms with E-state index in [1.807, 2.05) is 41.8 Å². The highest BCUT2D eigenvalue weighted by Crippen LogP contribution is 2.37. The van der Waals surface area contributed by atoms with E-state index in [0.717, 1.165) is 17.7 Å². The first-order chi connectivity index (χ1) is 20.9. The number of esters is 3. The van der Waals surface area contributed by atoms with E-state index in [2.05, 4.69) is 0 Å². The summed E-state index contributed by atoms with van der Waals surface area (Å²) in [6.45, 7) is 0. The van der Waals surface area contributed by atoms with Crippen molar-refractivity contribution >= 4 is 23.8 Å². The highest BCUT2D eigenvalue weighted by molar-refractivity contribution is 6.12. The van der Waals surface area contributed by atoms with Crippen LogP contribution in [0.1, 0.15) is 47.2 Å². The first-order valence-corrected chi connectivity index (χ1v) is 12.8. The maximum Gasteiger partial charge on any atom is 0.382 e. The van der Waals surface area contributed by atoms with Gasteiger partial charge in [0.2, 0.25) is 5.76 Å². The van der Waals surface area contributed by atoms with E-state index >= 15 is 0 Å². The van der Waals surface area contributed by atoms with Gasteiger partial charge in [0.05, 0.1) is 16.7 Å². The van der Waals surface area contributed by atoms with E-state index in [1.54, 1.807) is 48.5 Å². The number of nitrogens with two attached hydrogens (primary N) is 1. The number of furan rings is 1. The van der Waals surface area contributed by atoms with Gasteiger partial charge in [0.1, 0.15) is 23.6 Å². The SMILES string of the molecule is N#Cc1c(OC(=O)c2ccccc2)ccc(C(=O)OC(=O)c2occ(-c3ccccc3)c2-c2ccccc2)c1C(=O)NN. The number of nitriles is 1. The van der Waals surface area contributed by atoms with Crippen molar-refractivity contribution in [2.24, 2.45) is 5.84 Å². The number of rotatable bonds is 7. The van der Waals surface area contributed by atoms with Crippen molar-refractivity contribution in [2.75, 3.05) is 0 Å². The van der Waals surface area contributed by atoms with Crippen LogP contribution in [0, 0.1) is 11.3 Å². The van der Waals surface area contributed by atoms with Crippen LogP contribution in [-0.4, -0.2) is 23.8 Å². The number of nitrogens with zero attached hydrogens (tertiary/aromatic N) is 1. The minimum atomic E-state index is -1.27. The van der Waals surface area contributed by atoms with E-state index < -0.39 is 40.5 Å². The molecule has 0 bridgehead atoms. The molecule has 0 aliphatic carbocycles. The fourth-order valence-corrected chi connectivity index (χ4v) is 4.41. The third kappa shape index (κ3) is 5.78. The highest BCUT2D eigenvalue weighted by Gasteiger charge is 2.30. The van der Waals surface area contributed by atoms with Gasteiger partial charge < -0.3 is 13.9 Å². The molecule has 0 aliphatic heterocycles. The maximum absolute atomic E-state index is 13.3. The third-order valence-electron chi connectivity index (χ3n) is 6.38. The van der Waals surface area contributed by atoms with Crippen LogP contribution in [0.4, 0.5) is 0 Å². The molecule has 1 aromatic heterocycles. The van der Waals surface area contributed by atoms with Gasteiger partial charge in [-0.2, -0.15) is 5.26 Å². The second-order valence-corrected chi connectivity index (χ2v) is 8.96. The predicted molar refractivity (Wildman–Crippen MR) is 154 cm³/mol. The van der Waals surface area contributed by atoms with Crippen LogP contribution in [-0.2, 0) is 4.74 Å². The Balaban J connectivity index is 1.50. The molecule has 0 fully saturated rings. The van der Waals surface area contributed by atoms with Crippen molar-refractivity contribution in [2.45, 2.75) is 0 Å². The quantitative estimate of drug-likeness (QED) is 0.0659. The van der Waals surface area contributed by atoms with Gasteiger partial charge in [-0.1, -0.05) is 78.9 Å². The second kappa shape index (κ2) is 12.5. The lowest BCUT2D eigenvalue weighted by atomic mass is 9.97. The molecule has 0 radical (unpaired) electrons. The molecule has 4 aromatic carbocycles. The number of hydrogen-bond acceptors (Lipinski definition) is 9. The van der Waals surface area contributed by atoms with Crippen molar-refractivity contribution in [1.82, 2.24) is 5.43 Å². The fourth-order valence-electron chi connectivity index (χ4n) is 4.41. The lowest BCUT2D eigenvalue weighted by Gasteiger charge is -2.13. The molecule has 5 rings (SSSR count). The van der Waals surface area contributed by atoms with Crippen LogP contribution in [0.2, 0.25) is 0 Å². The van der Waals surface area contributed by atoms with Gasteiger partial charge in [0.15, 0.2) is 0 Å². The average Bonchev–Trinajstić information content (AvgIpc) is 3.51. The minimum Gasteiger partial charge on any atom is -0.456 e. The van der Waals surface area contributed by atoms with E-state index in [0.29, 0.717) is 16.7 Å². The Morgan fingerprint density at radius 1 is 0.744 bits per heavy atom. The summed E-state index contributed by atoms with van der Waals surface area (Å²) >= 11 is 0. The molecule has 43 heavy (non-hydrogen) atoms. The van der Waals surface area contributed by atoms with Gasteiger partial charge in [-0.15, -0.1) is 0 Å². The smallest absolute Gasteiger partial charge is 0.382 e. The van der Waals surface area contributed by atoms with Crippen molar-refractivity contribution in [3.63, 3.8) is 0 Å². The Hall–Kier alpha value is -6.31. The van der Waals surface area contributed by atoms with Crippen LogP contribution in [0.5, 0.6) is 5.75 Å². The normalized spacial score (nSPS) is 10.3. The van der Waals surface area contributed by atoms with Gasteiger partial charge >= 0.3 is 17.9 Å². The summed E-state index contributed by atoms with van der Waals surface area (Å²) in [5, 5.41) is 9.87. The fraction of sp³-hybridized carbons (Fsp3) is 0. The van der Waals surface area contributed by atoms with Crippen LogP contribution < -0.4 is 16.0 Å². The highest BCUT2D eigenvalue weighted by atomic mass is 16.6. The molecule has 210 valence electrons. The van der Waals surface area contributed by atoms with Gasteiger partial charge in [0, 0.05) is 11.1 Å². The molecule has 0 saturated carbocycles. The lowest BCUT2D eigenvalue weighted by Crippen LogP contribution is -2.32. The summed E-state index contributed by atoms with van der Waals surface area (Å²) in [6.07, 6.45) is 1.38. The zero-order valence-electron chi connectivity index (χ0n) is 22.3. The topological polar surface area (TPSA) is 162 Å². The number of nitrogen functional groups attached to an aromatic ring is 1. The van der Waals surface area contributed by atoms with Crippen LogP contribution in [0.15, 0.2) is 114 Å². The molecule has 5 aromatic rings. The van der Waals surface area contributed by atoms with Crippen LogP contribution in [0.25, 0.3) is 22.3 Å². The Morgan fingerprint density at radius 3 is 1.95 bits per heavy atom. The summed E-state index contributed by atoms with van der Waals surface area (Å²) in [5.41, 5.74) is 2.94. The van der Waals surface area contributed by atoms with Gasteiger partial charge in [0.25, 0.3) is 5.91 Å². The largest absolute Gasteiger partial charge is 0.456 e. The zero-order chi connectivity index (χ0) is 30.3. The van der Waals surface area contributed by atoms with E-state index in [9.17, 15) is 24.4 Å². The molecule has 3 N–H and O–H groups in total. The Morgan fingerprint density at radius 2 is 1.35 bits per heavy atom. The molecule has 0 spiro atoms. The Kier molecular flexibility index (Phi) is 8.19. The van der Waals surface area contributed by atoms with Crippen LogP contribution in [0.3, 0.4) is 0 Å². The van der Waals surface area contributed by atoms with E-state index in [-0.39, 0.29) is 17.1 Å². The van der Waals surface area contributed by atoms with Gasteiger partial charge in [-0.3, -0.25) is 10.2 Å². The number of hydrogen-bond donors (Lipinski definition) is 2.